The fourth-order valence-electron chi connectivity index (χ4n) is 2.93. The summed E-state index contributed by atoms with van der Waals surface area (Å²) in [6, 6.07) is 8.66. The van der Waals surface area contributed by atoms with E-state index in [-0.39, 0.29) is 21.2 Å². The van der Waals surface area contributed by atoms with Crippen LogP contribution < -0.4 is 15.3 Å². The normalized spacial score (nSPS) is 13.8. The summed E-state index contributed by atoms with van der Waals surface area (Å²) < 4.78 is 65.3. The van der Waals surface area contributed by atoms with Crippen LogP contribution in [0.1, 0.15) is 10.4 Å². The Morgan fingerprint density at radius 2 is 1.74 bits per heavy atom. The van der Waals surface area contributed by atoms with Gasteiger partial charge in [0.05, 0.1) is 26.3 Å². The summed E-state index contributed by atoms with van der Waals surface area (Å²) in [5.41, 5.74) is -0.917. The minimum absolute atomic E-state index is 0.0387. The zero-order chi connectivity index (χ0) is 22.6. The molecule has 2 heterocycles. The second-order valence-electron chi connectivity index (χ2n) is 6.41. The minimum Gasteiger partial charge on any atom is -0.506 e. The van der Waals surface area contributed by atoms with Crippen molar-refractivity contribution in [3.8, 4) is 5.75 Å². The van der Waals surface area contributed by atoms with Crippen LogP contribution in [0, 0.1) is 0 Å². The Bertz CT molecular complexity index is 1450. The van der Waals surface area contributed by atoms with Crippen LogP contribution in [0.3, 0.4) is 0 Å². The van der Waals surface area contributed by atoms with Crippen LogP contribution in [-0.4, -0.2) is 19.4 Å². The Hall–Kier alpha value is -2.89. The van der Waals surface area contributed by atoms with Gasteiger partial charge in [0.25, 0.3) is 15.9 Å². The van der Waals surface area contributed by atoms with Gasteiger partial charge in [-0.1, -0.05) is 11.6 Å². The number of nitrogens with one attached hydrogen (secondary N) is 1. The molecule has 1 aliphatic rings. The largest absolute Gasteiger partial charge is 0.506 e. The van der Waals surface area contributed by atoms with Crippen molar-refractivity contribution in [1.29, 1.82) is 0 Å². The van der Waals surface area contributed by atoms with Gasteiger partial charge < -0.3 is 5.11 Å². The second-order valence-corrected chi connectivity index (χ2v) is 9.58. The maximum Gasteiger partial charge on any atom is 0.416 e. The summed E-state index contributed by atoms with van der Waals surface area (Å²) in [5.74, 6) is -0.979. The first kappa shape index (κ1) is 21.3. The molecule has 31 heavy (non-hydrogen) atoms. The number of anilines is 1. The first-order valence-corrected chi connectivity index (χ1v) is 11.1. The topological polar surface area (TPSA) is 95.8 Å². The Labute approximate surface area is 182 Å². The molecule has 1 aromatic heterocycles. The summed E-state index contributed by atoms with van der Waals surface area (Å²) in [5, 5.41) is 11.4. The van der Waals surface area contributed by atoms with E-state index in [1.54, 1.807) is 12.1 Å². The van der Waals surface area contributed by atoms with Crippen LogP contribution in [0.15, 0.2) is 58.4 Å². The highest BCUT2D eigenvalue weighted by molar-refractivity contribution is 7.93. The summed E-state index contributed by atoms with van der Waals surface area (Å²) in [4.78, 5) is 15.9. The van der Waals surface area contributed by atoms with Crippen LogP contribution in [0.4, 0.5) is 18.2 Å². The lowest BCUT2D eigenvalue weighted by Crippen LogP contribution is -2.22. The molecular formula is C19H10ClF3N2O4S2. The molecule has 0 bridgehead atoms. The zero-order valence-electron chi connectivity index (χ0n) is 15.1. The smallest absolute Gasteiger partial charge is 0.416 e. The van der Waals surface area contributed by atoms with Crippen LogP contribution in [0.5, 0.6) is 5.75 Å². The van der Waals surface area contributed by atoms with E-state index in [0.717, 1.165) is 29.5 Å². The third-order valence-electron chi connectivity index (χ3n) is 4.33. The lowest BCUT2D eigenvalue weighted by atomic mass is 10.1. The standard InChI is InChI=1S/C19H10ClF3N2O4S2/c20-10-3-6-13-12(7-10)16(18(27)24-13)17-14(26)8-15(30-17)25-31(28,29)11-4-1-9(2-5-11)19(21,22)23/h1-8,25-26H. The first-order chi connectivity index (χ1) is 14.5. The van der Waals surface area contributed by atoms with Gasteiger partial charge in [0.2, 0.25) is 0 Å². The highest BCUT2D eigenvalue weighted by Gasteiger charge is 2.31. The molecule has 0 aliphatic carbocycles. The van der Waals surface area contributed by atoms with Gasteiger partial charge in [-0.15, -0.1) is 11.3 Å². The van der Waals surface area contributed by atoms with Crippen molar-refractivity contribution in [2.24, 2.45) is 4.99 Å². The third-order valence-corrected chi connectivity index (χ3v) is 7.13. The molecule has 160 valence electrons. The van der Waals surface area contributed by atoms with Gasteiger partial charge in [-0.3, -0.25) is 9.52 Å². The van der Waals surface area contributed by atoms with Crippen molar-refractivity contribution in [1.82, 2.24) is 0 Å². The lowest BCUT2D eigenvalue weighted by molar-refractivity contribution is -0.137. The van der Waals surface area contributed by atoms with E-state index in [4.69, 9.17) is 11.6 Å². The summed E-state index contributed by atoms with van der Waals surface area (Å²) in [7, 11) is -4.24. The van der Waals surface area contributed by atoms with E-state index in [0.29, 0.717) is 27.7 Å². The van der Waals surface area contributed by atoms with Crippen molar-refractivity contribution < 1.29 is 31.5 Å². The van der Waals surface area contributed by atoms with Gasteiger partial charge in [-0.05, 0) is 42.5 Å². The van der Waals surface area contributed by atoms with Crippen LogP contribution >= 0.6 is 22.9 Å². The Balaban J connectivity index is 1.70. The van der Waals surface area contributed by atoms with Gasteiger partial charge in [0.15, 0.2) is 0 Å². The van der Waals surface area contributed by atoms with Gasteiger partial charge in [-0.25, -0.2) is 13.4 Å². The van der Waals surface area contributed by atoms with Gasteiger partial charge in [0, 0.05) is 16.3 Å². The number of hydrogen-bond acceptors (Lipinski definition) is 5. The number of nitrogens with zero attached hydrogens (tertiary/aromatic N) is 1. The van der Waals surface area contributed by atoms with E-state index in [1.807, 2.05) is 0 Å². The predicted molar refractivity (Wildman–Crippen MR) is 108 cm³/mol. The molecule has 1 amide bonds. The van der Waals surface area contributed by atoms with Crippen molar-refractivity contribution >= 4 is 49.4 Å². The molecule has 0 fully saturated rings. The van der Waals surface area contributed by atoms with Crippen LogP contribution in [0.25, 0.3) is 5.57 Å². The summed E-state index contributed by atoms with van der Waals surface area (Å²) in [6.45, 7) is 0. The molecule has 2 aromatic carbocycles. The zero-order valence-corrected chi connectivity index (χ0v) is 17.5. The maximum absolute atomic E-state index is 12.7. The lowest BCUT2D eigenvalue weighted by Gasteiger charge is -2.09. The minimum atomic E-state index is -4.60. The molecule has 12 heteroatoms. The van der Waals surface area contributed by atoms with E-state index < -0.39 is 32.6 Å². The third kappa shape index (κ3) is 4.03. The molecule has 4 rings (SSSR count). The number of halogens is 4. The Kier molecular flexibility index (Phi) is 5.07. The average Bonchev–Trinajstić information content (AvgIpc) is 3.18. The number of rotatable bonds is 4. The van der Waals surface area contributed by atoms with Crippen molar-refractivity contribution in [3.63, 3.8) is 0 Å². The molecule has 3 aromatic rings. The number of aromatic hydroxyl groups is 1. The number of alkyl halides is 3. The van der Waals surface area contributed by atoms with Crippen molar-refractivity contribution in [2.45, 2.75) is 11.1 Å². The van der Waals surface area contributed by atoms with E-state index in [1.165, 1.54) is 6.07 Å². The Morgan fingerprint density at radius 3 is 2.39 bits per heavy atom. The van der Waals surface area contributed by atoms with Gasteiger partial charge in [-0.2, -0.15) is 13.2 Å². The second kappa shape index (κ2) is 7.36. The quantitative estimate of drug-likeness (QED) is 0.591. The predicted octanol–water partition coefficient (Wildman–Crippen LogP) is 3.29. The number of sulfonamides is 1. The number of carbonyl (C=O) groups excluding carboxylic acids is 1. The highest BCUT2D eigenvalue weighted by atomic mass is 35.5. The molecule has 0 atom stereocenters. The van der Waals surface area contributed by atoms with Crippen LogP contribution in [0.2, 0.25) is 5.02 Å². The fraction of sp³-hybridized carbons (Fsp3) is 0.0526. The highest BCUT2D eigenvalue weighted by Crippen LogP contribution is 2.38. The number of thiophene rings is 1. The van der Waals surface area contributed by atoms with E-state index in [2.05, 4.69) is 9.71 Å². The monoisotopic (exact) mass is 486 g/mol. The molecule has 0 unspecified atom stereocenters. The molecule has 1 aliphatic heterocycles. The molecule has 2 N–H and O–H groups in total. The van der Waals surface area contributed by atoms with Gasteiger partial charge >= 0.3 is 6.18 Å². The number of benzene rings is 2. The fourth-order valence-corrected chi connectivity index (χ4v) is 5.39. The van der Waals surface area contributed by atoms with Gasteiger partial charge in [0.1, 0.15) is 10.8 Å². The SMILES string of the molecule is O=C1N=c2ccc(Cl)cc2=C1c1sc(NS(=O)(=O)c2ccc(C(F)(F)F)cc2)cc1O. The number of carbonyl (C=O) groups is 1. The average molecular weight is 487 g/mol. The molecule has 6 nitrogen and oxygen atoms in total. The van der Waals surface area contributed by atoms with Crippen molar-refractivity contribution in [3.05, 3.63) is 74.6 Å². The molecule has 0 saturated heterocycles. The first-order valence-electron chi connectivity index (χ1n) is 8.42. The number of amides is 1. The molecule has 0 radical (unpaired) electrons. The van der Waals surface area contributed by atoms with Crippen LogP contribution in [-0.2, 0) is 21.0 Å². The summed E-state index contributed by atoms with van der Waals surface area (Å²) >= 11 is 6.75. The molecular weight excluding hydrogens is 477 g/mol. The molecule has 0 spiro atoms. The number of fused-ring (bicyclic) bond motifs is 1. The molecule has 0 saturated carbocycles. The van der Waals surface area contributed by atoms with E-state index >= 15 is 0 Å². The summed E-state index contributed by atoms with van der Waals surface area (Å²) in [6.07, 6.45) is -4.60. The maximum atomic E-state index is 12.7. The Morgan fingerprint density at radius 1 is 1.06 bits per heavy atom. The number of hydrogen-bond donors (Lipinski definition) is 2. The van der Waals surface area contributed by atoms with Crippen molar-refractivity contribution in [2.75, 3.05) is 4.72 Å². The van der Waals surface area contributed by atoms with E-state index in [9.17, 15) is 31.5 Å².